The second-order valence-electron chi connectivity index (χ2n) is 5.40. The van der Waals surface area contributed by atoms with Gasteiger partial charge in [0, 0.05) is 10.8 Å². The minimum Gasteiger partial charge on any atom is -0.361 e. The molecule has 1 fully saturated rings. The first kappa shape index (κ1) is 12.9. The summed E-state index contributed by atoms with van der Waals surface area (Å²) < 4.78 is 5.94. The third kappa shape index (κ3) is 1.70. The Morgan fingerprint density at radius 3 is 2.63 bits per heavy atom. The first-order valence-electron chi connectivity index (χ1n) is 6.46. The van der Waals surface area contributed by atoms with Gasteiger partial charge in [-0.25, -0.2) is 0 Å². The van der Waals surface area contributed by atoms with Crippen LogP contribution in [-0.4, -0.2) is 28.5 Å². The van der Waals surface area contributed by atoms with Crippen LogP contribution in [0.3, 0.4) is 0 Å². The molecule has 4 atom stereocenters. The third-order valence-electron chi connectivity index (χ3n) is 4.09. The number of ether oxygens (including phenoxy) is 1. The molecule has 0 N–H and O–H groups in total. The van der Waals surface area contributed by atoms with Gasteiger partial charge in [0.05, 0.1) is 11.4 Å². The van der Waals surface area contributed by atoms with Gasteiger partial charge in [0.15, 0.2) is 0 Å². The van der Waals surface area contributed by atoms with Gasteiger partial charge in [0.2, 0.25) is 11.6 Å². The van der Waals surface area contributed by atoms with E-state index in [9.17, 15) is 9.59 Å². The topological polar surface area (TPSA) is 43.4 Å². The fraction of sp³-hybridized carbons (Fsp3) is 0.467. The summed E-state index contributed by atoms with van der Waals surface area (Å²) in [6.45, 7) is 5.80. The van der Waals surface area contributed by atoms with Gasteiger partial charge in [-0.1, -0.05) is 31.2 Å². The summed E-state index contributed by atoms with van der Waals surface area (Å²) in [7, 11) is 0. The number of fused-ring (bicyclic) bond motifs is 3. The smallest absolute Gasteiger partial charge is 0.236 e. The molecule has 0 spiro atoms. The van der Waals surface area contributed by atoms with Crippen molar-refractivity contribution in [1.82, 2.24) is 0 Å². The summed E-state index contributed by atoms with van der Waals surface area (Å²) in [6, 6.07) is 7.37. The Hall–Kier alpha value is -1.13. The van der Waals surface area contributed by atoms with Crippen LogP contribution in [0.25, 0.3) is 0 Å². The molecule has 2 aliphatic rings. The van der Waals surface area contributed by atoms with Gasteiger partial charge in [0.25, 0.3) is 0 Å². The summed E-state index contributed by atoms with van der Waals surface area (Å²) in [6.07, 6.45) is -0.0340. The van der Waals surface area contributed by atoms with E-state index in [-0.39, 0.29) is 11.4 Å². The normalized spacial score (nSPS) is 37.7. The Labute approximate surface area is 116 Å². The average molecular weight is 276 g/mol. The lowest BCUT2D eigenvalue weighted by atomic mass is 9.78. The highest BCUT2D eigenvalue weighted by Crippen LogP contribution is 2.52. The van der Waals surface area contributed by atoms with E-state index in [0.29, 0.717) is 10.8 Å². The molecule has 4 unspecified atom stereocenters. The summed E-state index contributed by atoms with van der Waals surface area (Å²) in [4.78, 5) is 24.6. The minimum atomic E-state index is -1.03. The van der Waals surface area contributed by atoms with Gasteiger partial charge in [-0.2, -0.15) is 0 Å². The standard InChI is InChI=1S/C15H16O3S/c1-8-9(2)19-14-11-7-5-4-6-10(11)12(16)13(17)15(14,3)18-8/h4-9,14H,1-3H3. The molecule has 19 heavy (non-hydrogen) atoms. The van der Waals surface area contributed by atoms with Crippen LogP contribution in [0.4, 0.5) is 0 Å². The highest BCUT2D eigenvalue weighted by atomic mass is 32.2. The van der Waals surface area contributed by atoms with Crippen molar-refractivity contribution in [2.45, 2.75) is 43.0 Å². The fourth-order valence-corrected chi connectivity index (χ4v) is 4.30. The number of hydrogen-bond donors (Lipinski definition) is 0. The summed E-state index contributed by atoms with van der Waals surface area (Å²) >= 11 is 1.73. The lowest BCUT2D eigenvalue weighted by Gasteiger charge is -2.47. The molecule has 1 aromatic carbocycles. The van der Waals surface area contributed by atoms with E-state index in [4.69, 9.17) is 4.74 Å². The molecule has 0 saturated carbocycles. The highest BCUT2D eigenvalue weighted by molar-refractivity contribution is 8.00. The SMILES string of the molecule is CC1OC2(C)C(=O)C(=O)c3ccccc3C2SC1C. The summed E-state index contributed by atoms with van der Waals surface area (Å²) in [5.41, 5.74) is 0.438. The zero-order valence-electron chi connectivity index (χ0n) is 11.2. The van der Waals surface area contributed by atoms with E-state index >= 15 is 0 Å². The van der Waals surface area contributed by atoms with E-state index in [0.717, 1.165) is 5.56 Å². The Bertz CT molecular complexity index is 568. The van der Waals surface area contributed by atoms with Crippen LogP contribution in [0.2, 0.25) is 0 Å². The highest BCUT2D eigenvalue weighted by Gasteiger charge is 2.55. The average Bonchev–Trinajstić information content (AvgIpc) is 2.40. The maximum absolute atomic E-state index is 12.4. The Balaban J connectivity index is 2.17. The van der Waals surface area contributed by atoms with Crippen molar-refractivity contribution >= 4 is 23.3 Å². The second-order valence-corrected chi connectivity index (χ2v) is 6.88. The summed E-state index contributed by atoms with van der Waals surface area (Å²) in [5.74, 6) is -0.834. The number of carbonyl (C=O) groups excluding carboxylic acids is 2. The number of thioether (sulfide) groups is 1. The molecule has 1 aliphatic carbocycles. The van der Waals surface area contributed by atoms with E-state index in [1.165, 1.54) is 0 Å². The zero-order chi connectivity index (χ0) is 13.8. The van der Waals surface area contributed by atoms with Crippen LogP contribution >= 0.6 is 11.8 Å². The number of rotatable bonds is 0. The van der Waals surface area contributed by atoms with Gasteiger partial charge < -0.3 is 4.74 Å². The van der Waals surface area contributed by atoms with Crippen molar-refractivity contribution in [3.8, 4) is 0 Å². The lowest BCUT2D eigenvalue weighted by Crippen LogP contribution is -2.56. The van der Waals surface area contributed by atoms with Crippen LogP contribution in [-0.2, 0) is 9.53 Å². The van der Waals surface area contributed by atoms with Crippen molar-refractivity contribution in [2.24, 2.45) is 0 Å². The molecule has 100 valence electrons. The summed E-state index contributed by atoms with van der Waals surface area (Å²) in [5, 5.41) is 0.201. The molecular weight excluding hydrogens is 260 g/mol. The van der Waals surface area contributed by atoms with E-state index in [1.54, 1.807) is 30.8 Å². The quantitative estimate of drug-likeness (QED) is 0.683. The largest absolute Gasteiger partial charge is 0.361 e. The molecule has 0 aromatic heterocycles. The van der Waals surface area contributed by atoms with Crippen LogP contribution in [0.15, 0.2) is 24.3 Å². The maximum atomic E-state index is 12.4. The molecule has 4 heteroatoms. The van der Waals surface area contributed by atoms with Gasteiger partial charge in [-0.3, -0.25) is 9.59 Å². The third-order valence-corrected chi connectivity index (χ3v) is 5.88. The van der Waals surface area contributed by atoms with Crippen molar-refractivity contribution in [1.29, 1.82) is 0 Å². The van der Waals surface area contributed by atoms with Gasteiger partial charge in [0.1, 0.15) is 5.60 Å². The molecule has 1 aliphatic heterocycles. The maximum Gasteiger partial charge on any atom is 0.236 e. The predicted molar refractivity (Wildman–Crippen MR) is 74.5 cm³/mol. The molecule has 0 bridgehead atoms. The van der Waals surface area contributed by atoms with Crippen molar-refractivity contribution < 1.29 is 14.3 Å². The molecule has 3 rings (SSSR count). The second kappa shape index (κ2) is 4.18. The van der Waals surface area contributed by atoms with Crippen molar-refractivity contribution in [3.63, 3.8) is 0 Å². The Morgan fingerprint density at radius 1 is 1.21 bits per heavy atom. The van der Waals surface area contributed by atoms with Crippen LogP contribution in [0, 0.1) is 0 Å². The fourth-order valence-electron chi connectivity index (χ4n) is 2.82. The van der Waals surface area contributed by atoms with Crippen LogP contribution in [0.1, 0.15) is 41.9 Å². The van der Waals surface area contributed by atoms with E-state index < -0.39 is 17.2 Å². The number of carbonyl (C=O) groups is 2. The number of benzene rings is 1. The molecule has 3 nitrogen and oxygen atoms in total. The molecule has 1 aromatic rings. The monoisotopic (exact) mass is 276 g/mol. The van der Waals surface area contributed by atoms with Gasteiger partial charge in [-0.15, -0.1) is 11.8 Å². The van der Waals surface area contributed by atoms with E-state index in [1.807, 2.05) is 19.1 Å². The first-order chi connectivity index (χ1) is 8.95. The molecular formula is C15H16O3S. The van der Waals surface area contributed by atoms with Crippen LogP contribution < -0.4 is 0 Å². The van der Waals surface area contributed by atoms with Crippen molar-refractivity contribution in [3.05, 3.63) is 35.4 Å². The van der Waals surface area contributed by atoms with Gasteiger partial charge >= 0.3 is 0 Å². The Kier molecular flexibility index (Phi) is 2.84. The Morgan fingerprint density at radius 2 is 1.89 bits per heavy atom. The lowest BCUT2D eigenvalue weighted by molar-refractivity contribution is -0.147. The van der Waals surface area contributed by atoms with Crippen LogP contribution in [0.5, 0.6) is 0 Å². The molecule has 1 heterocycles. The number of Topliss-reactive ketones (excluding diaryl/α,β-unsaturated/α-hetero) is 2. The predicted octanol–water partition coefficient (Wildman–Crippen LogP) is 2.79. The zero-order valence-corrected chi connectivity index (χ0v) is 12.0. The van der Waals surface area contributed by atoms with E-state index in [2.05, 4.69) is 6.92 Å². The van der Waals surface area contributed by atoms with Crippen molar-refractivity contribution in [2.75, 3.05) is 0 Å². The minimum absolute atomic E-state index is 0.0340. The van der Waals surface area contributed by atoms with Gasteiger partial charge in [-0.05, 0) is 19.4 Å². The molecule has 0 amide bonds. The number of hydrogen-bond acceptors (Lipinski definition) is 4. The first-order valence-corrected chi connectivity index (χ1v) is 7.41. The molecule has 1 saturated heterocycles. The molecule has 0 radical (unpaired) electrons. The number of ketones is 2.